The predicted molar refractivity (Wildman–Crippen MR) is 113 cm³/mol. The lowest BCUT2D eigenvalue weighted by molar-refractivity contribution is -0.274. The zero-order valence-corrected chi connectivity index (χ0v) is 17.9. The van der Waals surface area contributed by atoms with Crippen molar-refractivity contribution in [2.45, 2.75) is 31.0 Å². The first-order chi connectivity index (χ1) is 16.5. The van der Waals surface area contributed by atoms with Crippen molar-refractivity contribution in [3.05, 3.63) is 54.2 Å². The van der Waals surface area contributed by atoms with E-state index in [9.17, 15) is 26.3 Å². The van der Waals surface area contributed by atoms with Crippen LogP contribution in [0.4, 0.5) is 26.3 Å². The largest absolute Gasteiger partial charge is 0.573 e. The predicted octanol–water partition coefficient (Wildman–Crippen LogP) is 4.48. The number of hydrogen-bond donors (Lipinski definition) is 1. The van der Waals surface area contributed by atoms with Gasteiger partial charge in [0.1, 0.15) is 17.5 Å². The summed E-state index contributed by atoms with van der Waals surface area (Å²) in [6.07, 6.45) is -7.63. The Bertz CT molecular complexity index is 1380. The van der Waals surface area contributed by atoms with Gasteiger partial charge in [-0.2, -0.15) is 13.2 Å². The van der Waals surface area contributed by atoms with Crippen molar-refractivity contribution in [2.24, 2.45) is 5.73 Å². The van der Waals surface area contributed by atoms with Crippen LogP contribution in [0.25, 0.3) is 28.1 Å². The minimum Gasteiger partial charge on any atom is -0.406 e. The number of ether oxygens (including phenoxy) is 1. The molecule has 7 nitrogen and oxygen atoms in total. The number of hydrogen-bond acceptors (Lipinski definition) is 6. The second-order valence-electron chi connectivity index (χ2n) is 8.30. The summed E-state index contributed by atoms with van der Waals surface area (Å²) in [5, 5.41) is 8.59. The number of aromatic nitrogens is 4. The number of pyridine rings is 2. The molecule has 1 aliphatic heterocycles. The highest BCUT2D eigenvalue weighted by Crippen LogP contribution is 2.39. The molecule has 3 aromatic heterocycles. The van der Waals surface area contributed by atoms with Crippen molar-refractivity contribution >= 4 is 16.6 Å². The summed E-state index contributed by atoms with van der Waals surface area (Å²) >= 11 is 0. The van der Waals surface area contributed by atoms with Crippen LogP contribution in [-0.4, -0.2) is 56.2 Å². The quantitative estimate of drug-likeness (QED) is 0.420. The molecule has 5 rings (SSSR count). The highest BCUT2D eigenvalue weighted by molar-refractivity contribution is 5.82. The van der Waals surface area contributed by atoms with Gasteiger partial charge in [-0.1, -0.05) is 12.1 Å². The minimum absolute atomic E-state index is 0.0122. The first-order valence-corrected chi connectivity index (χ1v) is 10.6. The van der Waals surface area contributed by atoms with Crippen LogP contribution in [0, 0.1) is 0 Å². The molecule has 4 aromatic rings. The Balaban J connectivity index is 1.56. The lowest BCUT2D eigenvalue weighted by Crippen LogP contribution is -2.38. The van der Waals surface area contributed by atoms with Crippen LogP contribution in [0.1, 0.15) is 18.0 Å². The zero-order chi connectivity index (χ0) is 25.0. The Kier molecular flexibility index (Phi) is 5.55. The molecular formula is C22H18F6N6O. The normalized spacial score (nSPS) is 18.4. The maximum atomic E-state index is 14.0. The second kappa shape index (κ2) is 8.34. The van der Waals surface area contributed by atoms with Gasteiger partial charge >= 0.3 is 12.5 Å². The van der Waals surface area contributed by atoms with E-state index >= 15 is 0 Å². The number of likely N-dealkylation sites (tertiary alicyclic amines) is 1. The average molecular weight is 496 g/mol. The van der Waals surface area contributed by atoms with Gasteiger partial charge in [0.25, 0.3) is 0 Å². The molecule has 35 heavy (non-hydrogen) atoms. The van der Waals surface area contributed by atoms with E-state index in [2.05, 4.69) is 19.9 Å². The van der Waals surface area contributed by atoms with E-state index in [0.29, 0.717) is 17.5 Å². The molecule has 4 heterocycles. The van der Waals surface area contributed by atoms with Crippen LogP contribution < -0.4 is 10.5 Å². The summed E-state index contributed by atoms with van der Waals surface area (Å²) in [6.45, 7) is 0.332. The molecule has 1 saturated heterocycles. The molecule has 184 valence electrons. The maximum absolute atomic E-state index is 14.0. The van der Waals surface area contributed by atoms with E-state index in [-0.39, 0.29) is 41.7 Å². The lowest BCUT2D eigenvalue weighted by atomic mass is 10.1. The van der Waals surface area contributed by atoms with Gasteiger partial charge in [0.2, 0.25) is 0 Å². The average Bonchev–Trinajstić information content (AvgIpc) is 3.37. The van der Waals surface area contributed by atoms with E-state index < -0.39 is 24.3 Å². The molecule has 0 spiro atoms. The number of rotatable bonds is 4. The van der Waals surface area contributed by atoms with Crippen LogP contribution >= 0.6 is 0 Å². The minimum atomic E-state index is -4.86. The highest BCUT2D eigenvalue weighted by atomic mass is 19.4. The number of fused-ring (bicyclic) bond motifs is 2. The Morgan fingerprint density at radius 3 is 2.46 bits per heavy atom. The van der Waals surface area contributed by atoms with E-state index in [4.69, 9.17) is 5.73 Å². The molecule has 0 amide bonds. The van der Waals surface area contributed by atoms with E-state index in [1.807, 2.05) is 0 Å². The van der Waals surface area contributed by atoms with Gasteiger partial charge in [0.05, 0.1) is 5.52 Å². The van der Waals surface area contributed by atoms with Crippen LogP contribution in [0.15, 0.2) is 48.7 Å². The molecule has 0 radical (unpaired) electrons. The SMILES string of the molecule is NC1CCN([C@H](c2ccc3nnc(-c4ccc5ccc(OC(F)(F)F)cc5n4)n3c2)C(F)(F)F)C1. The first kappa shape index (κ1) is 23.3. The van der Waals surface area contributed by atoms with E-state index in [1.165, 1.54) is 33.7 Å². The standard InChI is InChI=1S/C22H18F6N6O/c23-21(24,25)19(33-8-7-14(29)11-33)13-3-6-18-31-32-20(34(18)10-13)16-5-2-12-1-4-15(9-17(12)30-16)35-22(26,27)28/h1-6,9-10,14,19H,7-8,11,29H2/t14?,19-/m1/s1. The van der Waals surface area contributed by atoms with E-state index in [0.717, 1.165) is 12.1 Å². The van der Waals surface area contributed by atoms with Crippen molar-refractivity contribution in [2.75, 3.05) is 13.1 Å². The fourth-order valence-electron chi connectivity index (χ4n) is 4.32. The van der Waals surface area contributed by atoms with Crippen molar-refractivity contribution in [3.63, 3.8) is 0 Å². The number of nitrogens with zero attached hydrogens (tertiary/aromatic N) is 5. The van der Waals surface area contributed by atoms with Crippen LogP contribution in [0.2, 0.25) is 0 Å². The van der Waals surface area contributed by atoms with Gasteiger partial charge < -0.3 is 10.5 Å². The van der Waals surface area contributed by atoms with Crippen molar-refractivity contribution in [1.82, 2.24) is 24.5 Å². The van der Waals surface area contributed by atoms with Crippen LogP contribution in [0.3, 0.4) is 0 Å². The van der Waals surface area contributed by atoms with Gasteiger partial charge in [0, 0.05) is 36.8 Å². The summed E-state index contributed by atoms with van der Waals surface area (Å²) in [6, 6.07) is 7.47. The fraction of sp³-hybridized carbons (Fsp3) is 0.318. The van der Waals surface area contributed by atoms with Crippen LogP contribution in [-0.2, 0) is 0 Å². The maximum Gasteiger partial charge on any atom is 0.573 e. The molecule has 1 unspecified atom stereocenters. The molecule has 0 aliphatic carbocycles. The molecule has 1 aromatic carbocycles. The molecular weight excluding hydrogens is 478 g/mol. The molecule has 2 atom stereocenters. The molecule has 13 heteroatoms. The fourth-order valence-corrected chi connectivity index (χ4v) is 4.32. The summed E-state index contributed by atoms with van der Waals surface area (Å²) < 4.78 is 85.2. The number of benzene rings is 1. The van der Waals surface area contributed by atoms with Gasteiger partial charge in [-0.15, -0.1) is 23.4 Å². The van der Waals surface area contributed by atoms with Gasteiger partial charge in [-0.05, 0) is 36.2 Å². The van der Waals surface area contributed by atoms with Crippen molar-refractivity contribution in [3.8, 4) is 17.3 Å². The van der Waals surface area contributed by atoms with Gasteiger partial charge in [-0.3, -0.25) is 9.30 Å². The summed E-state index contributed by atoms with van der Waals surface area (Å²) in [4.78, 5) is 5.65. The Morgan fingerprint density at radius 2 is 1.77 bits per heavy atom. The highest BCUT2D eigenvalue weighted by Gasteiger charge is 2.46. The molecule has 0 bridgehead atoms. The second-order valence-corrected chi connectivity index (χ2v) is 8.30. The van der Waals surface area contributed by atoms with Gasteiger partial charge in [-0.25, -0.2) is 4.98 Å². The number of alkyl halides is 6. The molecule has 1 aliphatic rings. The Labute approximate surface area is 194 Å². The number of nitrogens with two attached hydrogens (primary N) is 1. The summed E-state index contributed by atoms with van der Waals surface area (Å²) in [5.41, 5.74) is 6.52. The molecule has 2 N–H and O–H groups in total. The van der Waals surface area contributed by atoms with Crippen LogP contribution in [0.5, 0.6) is 5.75 Å². The number of halogens is 6. The summed E-state index contributed by atoms with van der Waals surface area (Å²) in [7, 11) is 0. The van der Waals surface area contributed by atoms with Crippen molar-refractivity contribution in [1.29, 1.82) is 0 Å². The summed E-state index contributed by atoms with van der Waals surface area (Å²) in [5.74, 6) is -0.301. The lowest BCUT2D eigenvalue weighted by Gasteiger charge is -2.30. The molecule has 0 saturated carbocycles. The smallest absolute Gasteiger partial charge is 0.406 e. The van der Waals surface area contributed by atoms with Gasteiger partial charge in [0.15, 0.2) is 11.5 Å². The third kappa shape index (κ3) is 4.73. The first-order valence-electron chi connectivity index (χ1n) is 10.6. The molecule has 1 fully saturated rings. The third-order valence-electron chi connectivity index (χ3n) is 5.80. The zero-order valence-electron chi connectivity index (χ0n) is 17.9. The Morgan fingerprint density at radius 1 is 1.00 bits per heavy atom. The van der Waals surface area contributed by atoms with Crippen molar-refractivity contribution < 1.29 is 31.1 Å². The monoisotopic (exact) mass is 496 g/mol. The van der Waals surface area contributed by atoms with E-state index in [1.54, 1.807) is 12.1 Å². The third-order valence-corrected chi connectivity index (χ3v) is 5.80. The Hall–Kier alpha value is -3.45. The topological polar surface area (TPSA) is 81.6 Å².